The number of anilines is 3. The minimum atomic E-state index is -0.0482. The van der Waals surface area contributed by atoms with Gasteiger partial charge in [0, 0.05) is 61.1 Å². The first-order valence-corrected chi connectivity index (χ1v) is 25.8. The van der Waals surface area contributed by atoms with E-state index in [9.17, 15) is 0 Å². The smallest absolute Gasteiger partial charge is 0.135 e. The molecule has 1 aliphatic heterocycles. The Balaban J connectivity index is 0.00000533. The van der Waals surface area contributed by atoms with Gasteiger partial charge in [-0.1, -0.05) is 94.7 Å². The van der Waals surface area contributed by atoms with E-state index in [1.807, 2.05) is 0 Å². The van der Waals surface area contributed by atoms with E-state index >= 15 is 0 Å². The van der Waals surface area contributed by atoms with Gasteiger partial charge in [0.2, 0.25) is 0 Å². The molecule has 0 saturated heterocycles. The first-order valence-electron chi connectivity index (χ1n) is 25.8. The summed E-state index contributed by atoms with van der Waals surface area (Å²) in [6.45, 7) is 20.6. The number of aryl methyl sites for hydroxylation is 3. The fourth-order valence-corrected chi connectivity index (χ4v) is 13.9. The van der Waals surface area contributed by atoms with Crippen molar-refractivity contribution in [3.8, 4) is 28.4 Å². The predicted octanol–water partition coefficient (Wildman–Crippen LogP) is 16.4. The molecule has 6 aromatic carbocycles. The molecule has 4 fully saturated rings. The zero-order valence-corrected chi connectivity index (χ0v) is 44.5. The van der Waals surface area contributed by atoms with Crippen LogP contribution in [0.1, 0.15) is 123 Å². The average Bonchev–Trinajstić information content (AvgIpc) is 3.86. The molecule has 0 N–H and O–H groups in total. The zero-order chi connectivity index (χ0) is 47.5. The summed E-state index contributed by atoms with van der Waals surface area (Å²) in [4.78, 5) is 9.68. The Morgan fingerprint density at radius 3 is 2.03 bits per heavy atom. The van der Waals surface area contributed by atoms with Crippen LogP contribution in [0.15, 0.2) is 115 Å². The van der Waals surface area contributed by atoms with E-state index in [1.54, 1.807) is 0 Å². The Morgan fingerprint density at radius 2 is 1.36 bits per heavy atom. The maximum Gasteiger partial charge on any atom is 0.135 e. The van der Waals surface area contributed by atoms with Gasteiger partial charge < -0.3 is 19.1 Å². The van der Waals surface area contributed by atoms with E-state index in [1.165, 1.54) is 87.6 Å². The summed E-state index contributed by atoms with van der Waals surface area (Å²) < 4.78 is 9.43. The van der Waals surface area contributed by atoms with Gasteiger partial charge in [0.15, 0.2) is 0 Å². The van der Waals surface area contributed by atoms with Crippen LogP contribution in [0, 0.1) is 63.2 Å². The van der Waals surface area contributed by atoms with Gasteiger partial charge >= 0.3 is 0 Å². The van der Waals surface area contributed by atoms with Gasteiger partial charge in [0.25, 0.3) is 0 Å². The van der Waals surface area contributed by atoms with Crippen LogP contribution in [0.2, 0.25) is 0 Å². The van der Waals surface area contributed by atoms with Gasteiger partial charge in [-0.2, -0.15) is 12.7 Å². The van der Waals surface area contributed by atoms with Crippen LogP contribution in [0.25, 0.3) is 38.8 Å². The molecule has 2 aromatic heterocycles. The van der Waals surface area contributed by atoms with Gasteiger partial charge in [0.05, 0.1) is 0 Å². The molecule has 4 saturated carbocycles. The Bertz CT molecular complexity index is 3240. The molecule has 0 atom stereocenters. The molecule has 0 unspecified atom stereocenters. The Morgan fingerprint density at radius 1 is 0.700 bits per heavy atom. The van der Waals surface area contributed by atoms with Crippen molar-refractivity contribution in [2.45, 2.75) is 111 Å². The van der Waals surface area contributed by atoms with Crippen molar-refractivity contribution in [3.05, 3.63) is 179 Å². The van der Waals surface area contributed by atoms with E-state index in [-0.39, 0.29) is 26.5 Å². The SMILES string of the molecule is CCc1cc(C(C)C)c(-c2cc(Oc3[c-]c4c(cc3)c3ccccc3n4-c3cc(C4(c5cc(C)c(C)c(C)c5)C5CC6CC(C5)CC4C6)ccn3)[c-]c(N3[CH-]N(C)c4ccccc43)c2)c(C(C)C)c1.[Pt]. The van der Waals surface area contributed by atoms with Crippen molar-refractivity contribution in [1.82, 2.24) is 9.55 Å². The molecule has 0 spiro atoms. The summed E-state index contributed by atoms with van der Waals surface area (Å²) in [5.41, 5.74) is 18.9. The minimum Gasteiger partial charge on any atom is -0.509 e. The number of ether oxygens (including phenoxy) is 1. The fraction of sp³-hybridized carbons (Fsp3) is 0.344. The molecule has 70 heavy (non-hydrogen) atoms. The second kappa shape index (κ2) is 17.9. The third-order valence-corrected chi connectivity index (χ3v) is 17.2. The summed E-state index contributed by atoms with van der Waals surface area (Å²) in [6, 6.07) is 48.5. The third kappa shape index (κ3) is 7.46. The van der Waals surface area contributed by atoms with Crippen LogP contribution in [-0.2, 0) is 32.9 Å². The number of hydrogen-bond donors (Lipinski definition) is 0. The summed E-state index contributed by atoms with van der Waals surface area (Å²) in [5, 5.41) is 2.31. The van der Waals surface area contributed by atoms with Gasteiger partial charge in [-0.05, 0) is 188 Å². The molecule has 13 rings (SSSR count). The van der Waals surface area contributed by atoms with E-state index in [0.717, 1.165) is 63.1 Å². The Kier molecular flexibility index (Phi) is 11.9. The molecule has 0 radical (unpaired) electrons. The van der Waals surface area contributed by atoms with Crippen molar-refractivity contribution < 1.29 is 25.8 Å². The normalized spacial score (nSPS) is 21.4. The molecule has 0 amide bonds. The minimum absolute atomic E-state index is 0. The average molecular weight is 1100 g/mol. The van der Waals surface area contributed by atoms with E-state index < -0.39 is 0 Å². The molecule has 3 heterocycles. The molecule has 4 aliphatic carbocycles. The fourth-order valence-electron chi connectivity index (χ4n) is 13.9. The number of fused-ring (bicyclic) bond motifs is 4. The summed E-state index contributed by atoms with van der Waals surface area (Å²) >= 11 is 0. The number of benzene rings is 6. The van der Waals surface area contributed by atoms with Crippen LogP contribution in [0.3, 0.4) is 0 Å². The van der Waals surface area contributed by atoms with Gasteiger partial charge in [-0.15, -0.1) is 47.0 Å². The predicted molar refractivity (Wildman–Crippen MR) is 286 cm³/mol. The van der Waals surface area contributed by atoms with Crippen LogP contribution in [0.5, 0.6) is 11.5 Å². The van der Waals surface area contributed by atoms with Crippen molar-refractivity contribution in [2.24, 2.45) is 23.7 Å². The largest absolute Gasteiger partial charge is 0.509 e. The number of pyridine rings is 1. The van der Waals surface area contributed by atoms with Crippen LogP contribution >= 0.6 is 0 Å². The Hall–Kier alpha value is -5.64. The molecule has 360 valence electrons. The van der Waals surface area contributed by atoms with Crippen LogP contribution in [-0.4, -0.2) is 16.6 Å². The van der Waals surface area contributed by atoms with E-state index in [0.29, 0.717) is 35.2 Å². The van der Waals surface area contributed by atoms with Gasteiger partial charge in [-0.3, -0.25) is 0 Å². The zero-order valence-electron chi connectivity index (χ0n) is 42.3. The number of nitrogens with zero attached hydrogens (tertiary/aromatic N) is 4. The van der Waals surface area contributed by atoms with Crippen LogP contribution in [0.4, 0.5) is 17.1 Å². The van der Waals surface area contributed by atoms with Gasteiger partial charge in [-0.25, -0.2) is 4.98 Å². The summed E-state index contributed by atoms with van der Waals surface area (Å²) in [5.74, 6) is 5.85. The topological polar surface area (TPSA) is 33.5 Å². The monoisotopic (exact) mass is 1100 g/mol. The number of aromatic nitrogens is 2. The molecule has 4 bridgehead atoms. The first kappa shape index (κ1) is 46.7. The van der Waals surface area contributed by atoms with E-state index in [2.05, 4.69) is 211 Å². The third-order valence-electron chi connectivity index (χ3n) is 17.2. The summed E-state index contributed by atoms with van der Waals surface area (Å²) in [7, 11) is 2.11. The molecule has 5 aliphatic rings. The number of para-hydroxylation sites is 3. The maximum absolute atomic E-state index is 7.09. The van der Waals surface area contributed by atoms with Crippen LogP contribution < -0.4 is 14.5 Å². The summed E-state index contributed by atoms with van der Waals surface area (Å²) in [6.07, 6.45) is 9.79. The molecular weight excluding hydrogens is 1040 g/mol. The Labute approximate surface area is 430 Å². The molecule has 8 aromatic rings. The second-order valence-electron chi connectivity index (χ2n) is 21.9. The standard InChI is InChI=1S/C64H65N4O.Pt/c1-10-43-30-56(38(2)3)63(57(31-43)39(4)5)46-32-51(67-37-66(9)59-17-13-14-18-60(59)67)35-53(33-46)69-52-19-20-55-54-15-11-12-16-58(54)68(61(55)36-52)62-34-47(21-22-65-62)64(48-23-40(6)42(8)41(7)24-48)49-26-44-25-45(28-49)29-50(64)27-44;/h11-24,30-34,37-39,44-45,49-50H,10,25-29H2,1-9H3;/q-3;. The molecule has 6 heteroatoms. The van der Waals surface area contributed by atoms with Crippen molar-refractivity contribution in [1.29, 1.82) is 0 Å². The first-order chi connectivity index (χ1) is 33.4. The van der Waals surface area contributed by atoms with Crippen molar-refractivity contribution in [3.63, 3.8) is 0 Å². The number of hydrogen-bond acceptors (Lipinski definition) is 4. The maximum atomic E-state index is 7.09. The van der Waals surface area contributed by atoms with Crippen molar-refractivity contribution >= 4 is 38.9 Å². The van der Waals surface area contributed by atoms with E-state index in [4.69, 9.17) is 9.72 Å². The van der Waals surface area contributed by atoms with Gasteiger partial charge in [0.1, 0.15) is 5.82 Å². The second-order valence-corrected chi connectivity index (χ2v) is 21.9. The van der Waals surface area contributed by atoms with Crippen molar-refractivity contribution in [2.75, 3.05) is 16.8 Å². The molecule has 5 nitrogen and oxygen atoms in total. The quantitative estimate of drug-likeness (QED) is 0.128. The molecular formula is C64H65N4OPt-3. The number of rotatable bonds is 10.